The van der Waals surface area contributed by atoms with Gasteiger partial charge < -0.3 is 4.74 Å². The van der Waals surface area contributed by atoms with E-state index in [9.17, 15) is 12.8 Å². The largest absolute Gasteiger partial charge is 0.497 e. The zero-order valence-corrected chi connectivity index (χ0v) is 16.8. The van der Waals surface area contributed by atoms with E-state index in [1.807, 2.05) is 0 Å². The van der Waals surface area contributed by atoms with Crippen molar-refractivity contribution in [1.82, 2.24) is 4.98 Å². The number of ether oxygens (including phenoxy) is 1. The molecule has 0 aliphatic heterocycles. The highest BCUT2D eigenvalue weighted by molar-refractivity contribution is 7.91. The summed E-state index contributed by atoms with van der Waals surface area (Å²) in [5.41, 5.74) is 1.45. The normalized spacial score (nSPS) is 11.6. The van der Waals surface area contributed by atoms with Crippen LogP contribution in [0.4, 0.5) is 4.39 Å². The first-order valence-electron chi connectivity index (χ1n) is 8.63. The van der Waals surface area contributed by atoms with Gasteiger partial charge in [-0.15, -0.1) is 0 Å². The predicted molar refractivity (Wildman–Crippen MR) is 111 cm³/mol. The number of methoxy groups -OCH3 is 1. The van der Waals surface area contributed by atoms with E-state index in [0.717, 1.165) is 0 Å². The first-order chi connectivity index (χ1) is 13.9. The van der Waals surface area contributed by atoms with Crippen LogP contribution in [-0.2, 0) is 9.84 Å². The van der Waals surface area contributed by atoms with Crippen molar-refractivity contribution in [2.24, 2.45) is 0 Å². The highest BCUT2D eigenvalue weighted by Gasteiger charge is 2.25. The summed E-state index contributed by atoms with van der Waals surface area (Å²) in [6.45, 7) is 0. The fourth-order valence-electron chi connectivity index (χ4n) is 3.15. The molecule has 0 spiro atoms. The molecule has 0 aliphatic rings. The maximum atomic E-state index is 13.7. The number of aromatic nitrogens is 1. The minimum Gasteiger partial charge on any atom is -0.497 e. The second-order valence-corrected chi connectivity index (χ2v) is 8.70. The Morgan fingerprint density at radius 2 is 1.66 bits per heavy atom. The van der Waals surface area contributed by atoms with E-state index in [-0.39, 0.29) is 9.79 Å². The number of fused-ring (bicyclic) bond motifs is 1. The SMILES string of the molecule is COc1ccc(S(=O)(=O)c2cnc3cc(F)ccc3c2-c2ccc(Cl)cc2)cc1. The van der Waals surface area contributed by atoms with Crippen LogP contribution in [0.25, 0.3) is 22.0 Å². The Balaban J connectivity index is 2.01. The van der Waals surface area contributed by atoms with Gasteiger partial charge in [0.1, 0.15) is 11.6 Å². The molecule has 146 valence electrons. The molecule has 0 saturated heterocycles. The highest BCUT2D eigenvalue weighted by Crippen LogP contribution is 2.37. The monoisotopic (exact) mass is 427 g/mol. The predicted octanol–water partition coefficient (Wildman–Crippen LogP) is 5.54. The molecule has 4 aromatic rings. The van der Waals surface area contributed by atoms with Gasteiger partial charge in [-0.3, -0.25) is 4.98 Å². The van der Waals surface area contributed by atoms with Crippen LogP contribution in [0.2, 0.25) is 5.02 Å². The van der Waals surface area contributed by atoms with Crippen LogP contribution in [-0.4, -0.2) is 20.5 Å². The Labute approximate surface area is 172 Å². The van der Waals surface area contributed by atoms with Crippen molar-refractivity contribution in [3.05, 3.63) is 83.8 Å². The van der Waals surface area contributed by atoms with E-state index in [4.69, 9.17) is 16.3 Å². The van der Waals surface area contributed by atoms with Gasteiger partial charge in [-0.25, -0.2) is 12.8 Å². The molecular weight excluding hydrogens is 413 g/mol. The zero-order chi connectivity index (χ0) is 20.6. The van der Waals surface area contributed by atoms with Crippen LogP contribution in [0.1, 0.15) is 0 Å². The Morgan fingerprint density at radius 3 is 2.31 bits per heavy atom. The van der Waals surface area contributed by atoms with Gasteiger partial charge in [0, 0.05) is 28.2 Å². The summed E-state index contributed by atoms with van der Waals surface area (Å²) in [5, 5.41) is 1.06. The summed E-state index contributed by atoms with van der Waals surface area (Å²) < 4.78 is 45.7. The van der Waals surface area contributed by atoms with Crippen LogP contribution < -0.4 is 4.74 Å². The lowest BCUT2D eigenvalue weighted by Crippen LogP contribution is -2.06. The number of sulfone groups is 1. The summed E-state index contributed by atoms with van der Waals surface area (Å²) in [7, 11) is -2.39. The third-order valence-corrected chi connectivity index (χ3v) is 6.62. The van der Waals surface area contributed by atoms with Gasteiger partial charge >= 0.3 is 0 Å². The summed E-state index contributed by atoms with van der Waals surface area (Å²) >= 11 is 6.00. The van der Waals surface area contributed by atoms with Crippen molar-refractivity contribution in [1.29, 1.82) is 0 Å². The van der Waals surface area contributed by atoms with E-state index >= 15 is 0 Å². The van der Waals surface area contributed by atoms with Gasteiger partial charge in [-0.1, -0.05) is 23.7 Å². The lowest BCUT2D eigenvalue weighted by Gasteiger charge is -2.14. The van der Waals surface area contributed by atoms with E-state index < -0.39 is 15.7 Å². The molecule has 0 amide bonds. The van der Waals surface area contributed by atoms with Crippen molar-refractivity contribution in [3.63, 3.8) is 0 Å². The lowest BCUT2D eigenvalue weighted by atomic mass is 10.0. The molecule has 0 aliphatic carbocycles. The molecule has 0 atom stereocenters. The number of hydrogen-bond donors (Lipinski definition) is 0. The molecule has 1 heterocycles. The summed E-state index contributed by atoms with van der Waals surface area (Å²) in [5.74, 6) is 0.104. The molecule has 0 fully saturated rings. The van der Waals surface area contributed by atoms with Gasteiger partial charge in [-0.2, -0.15) is 0 Å². The van der Waals surface area contributed by atoms with Crippen molar-refractivity contribution in [3.8, 4) is 16.9 Å². The second kappa shape index (κ2) is 7.46. The van der Waals surface area contributed by atoms with Gasteiger partial charge in [0.2, 0.25) is 9.84 Å². The molecule has 4 nitrogen and oxygen atoms in total. The van der Waals surface area contributed by atoms with Crippen molar-refractivity contribution < 1.29 is 17.5 Å². The molecule has 1 aromatic heterocycles. The zero-order valence-electron chi connectivity index (χ0n) is 15.3. The number of rotatable bonds is 4. The van der Waals surface area contributed by atoms with Crippen molar-refractivity contribution >= 4 is 32.3 Å². The maximum Gasteiger partial charge on any atom is 0.208 e. The molecule has 4 rings (SSSR count). The fraction of sp³-hybridized carbons (Fsp3) is 0.0455. The molecular formula is C22H15ClFNO3S. The van der Waals surface area contributed by atoms with Crippen LogP contribution in [0.5, 0.6) is 5.75 Å². The quantitative estimate of drug-likeness (QED) is 0.429. The van der Waals surface area contributed by atoms with Crippen LogP contribution in [0.15, 0.2) is 82.7 Å². The Kier molecular flexibility index (Phi) is 4.98. The average molecular weight is 428 g/mol. The number of nitrogens with zero attached hydrogens (tertiary/aromatic N) is 1. The molecule has 7 heteroatoms. The molecule has 0 saturated carbocycles. The van der Waals surface area contributed by atoms with E-state index in [1.54, 1.807) is 36.4 Å². The smallest absolute Gasteiger partial charge is 0.208 e. The van der Waals surface area contributed by atoms with Gasteiger partial charge in [0.25, 0.3) is 0 Å². The summed E-state index contributed by atoms with van der Waals surface area (Å²) in [4.78, 5) is 4.34. The Hall–Kier alpha value is -2.96. The Bertz CT molecular complexity index is 1300. The number of benzene rings is 3. The molecule has 0 N–H and O–H groups in total. The average Bonchev–Trinajstić information content (AvgIpc) is 2.73. The van der Waals surface area contributed by atoms with Crippen molar-refractivity contribution in [2.45, 2.75) is 9.79 Å². The number of halogens is 2. The fourth-order valence-corrected chi connectivity index (χ4v) is 4.71. The van der Waals surface area contributed by atoms with Crippen LogP contribution >= 0.6 is 11.6 Å². The first-order valence-corrected chi connectivity index (χ1v) is 10.5. The maximum absolute atomic E-state index is 13.7. The molecule has 0 bridgehead atoms. The van der Waals surface area contributed by atoms with E-state index in [2.05, 4.69) is 4.98 Å². The minimum absolute atomic E-state index is 0.0316. The van der Waals surface area contributed by atoms with Gasteiger partial charge in [0.05, 0.1) is 22.4 Å². The van der Waals surface area contributed by atoms with E-state index in [0.29, 0.717) is 32.8 Å². The third-order valence-electron chi connectivity index (χ3n) is 4.59. The van der Waals surface area contributed by atoms with Crippen molar-refractivity contribution in [2.75, 3.05) is 7.11 Å². The number of hydrogen-bond acceptors (Lipinski definition) is 4. The molecule has 29 heavy (non-hydrogen) atoms. The third kappa shape index (κ3) is 3.57. The first kappa shape index (κ1) is 19.4. The van der Waals surface area contributed by atoms with Crippen LogP contribution in [0.3, 0.4) is 0 Å². The molecule has 0 unspecified atom stereocenters. The topological polar surface area (TPSA) is 56.3 Å². The summed E-state index contributed by atoms with van der Waals surface area (Å²) in [6.07, 6.45) is 1.27. The lowest BCUT2D eigenvalue weighted by molar-refractivity contribution is 0.414. The standard InChI is InChI=1S/C22H15ClFNO3S/c1-28-17-7-9-18(10-8-17)29(26,27)21-13-25-20-12-16(24)6-11-19(20)22(21)14-2-4-15(23)5-3-14/h2-13H,1H3. The van der Waals surface area contributed by atoms with Gasteiger partial charge in [-0.05, 0) is 54.1 Å². The molecule has 0 radical (unpaired) electrons. The number of pyridine rings is 1. The molecule has 3 aromatic carbocycles. The highest BCUT2D eigenvalue weighted by atomic mass is 35.5. The Morgan fingerprint density at radius 1 is 0.966 bits per heavy atom. The second-order valence-electron chi connectivity index (χ2n) is 6.34. The summed E-state index contributed by atoms with van der Waals surface area (Å²) in [6, 6.07) is 17.0. The minimum atomic E-state index is -3.90. The van der Waals surface area contributed by atoms with E-state index in [1.165, 1.54) is 43.6 Å². The van der Waals surface area contributed by atoms with Gasteiger partial charge in [0.15, 0.2) is 0 Å². The van der Waals surface area contributed by atoms with Crippen LogP contribution in [0, 0.1) is 5.82 Å².